The predicted molar refractivity (Wildman–Crippen MR) is 68.3 cm³/mol. The van der Waals surface area contributed by atoms with Crippen LogP contribution in [0.4, 0.5) is 0 Å². The molecule has 0 unspecified atom stereocenters. The maximum absolute atomic E-state index is 5.51. The van der Waals surface area contributed by atoms with Gasteiger partial charge in [0.05, 0.1) is 6.61 Å². The Balaban J connectivity index is 0.00000144. The van der Waals surface area contributed by atoms with Crippen molar-refractivity contribution in [3.05, 3.63) is 23.8 Å². The van der Waals surface area contributed by atoms with Crippen LogP contribution < -0.4 is 14.8 Å². The van der Waals surface area contributed by atoms with Crippen molar-refractivity contribution < 1.29 is 14.2 Å². The van der Waals surface area contributed by atoms with Crippen LogP contribution in [0.25, 0.3) is 0 Å². The van der Waals surface area contributed by atoms with E-state index in [9.17, 15) is 0 Å². The third-order valence-electron chi connectivity index (χ3n) is 2.42. The smallest absolute Gasteiger partial charge is 0.161 e. The lowest BCUT2D eigenvalue weighted by Crippen LogP contribution is -2.19. The van der Waals surface area contributed by atoms with Crippen LogP contribution >= 0.6 is 12.4 Å². The van der Waals surface area contributed by atoms with Gasteiger partial charge in [-0.2, -0.15) is 0 Å². The Morgan fingerprint density at radius 1 is 1.24 bits per heavy atom. The van der Waals surface area contributed by atoms with Gasteiger partial charge in [-0.3, -0.25) is 0 Å². The van der Waals surface area contributed by atoms with Crippen LogP contribution in [0.3, 0.4) is 0 Å². The molecule has 0 aromatic heterocycles. The molecule has 0 saturated carbocycles. The van der Waals surface area contributed by atoms with Crippen LogP contribution in [-0.4, -0.2) is 33.5 Å². The molecule has 0 atom stereocenters. The van der Waals surface area contributed by atoms with Crippen LogP contribution in [0, 0.1) is 0 Å². The van der Waals surface area contributed by atoms with Crippen LogP contribution in [-0.2, 0) is 11.3 Å². The summed E-state index contributed by atoms with van der Waals surface area (Å²) in [4.78, 5) is 0. The van der Waals surface area contributed by atoms with Gasteiger partial charge in [-0.05, 0) is 17.7 Å². The Hall–Kier alpha value is -0.970. The highest BCUT2D eigenvalue weighted by Crippen LogP contribution is 2.30. The summed E-state index contributed by atoms with van der Waals surface area (Å²) in [6.07, 6.45) is 0. The molecule has 1 aromatic carbocycles. The van der Waals surface area contributed by atoms with Gasteiger partial charge in [-0.25, -0.2) is 0 Å². The molecule has 1 aliphatic heterocycles. The van der Waals surface area contributed by atoms with Gasteiger partial charge in [0.25, 0.3) is 0 Å². The largest absolute Gasteiger partial charge is 0.486 e. The molecule has 0 aliphatic carbocycles. The first-order valence-electron chi connectivity index (χ1n) is 5.48. The van der Waals surface area contributed by atoms with Gasteiger partial charge in [0.2, 0.25) is 0 Å². The Bertz CT molecular complexity index is 347. The van der Waals surface area contributed by atoms with E-state index in [1.165, 1.54) is 5.56 Å². The summed E-state index contributed by atoms with van der Waals surface area (Å²) in [6.45, 7) is 3.67. The molecule has 1 heterocycles. The van der Waals surface area contributed by atoms with Crippen LogP contribution in [0.1, 0.15) is 5.56 Å². The van der Waals surface area contributed by atoms with E-state index >= 15 is 0 Å². The highest BCUT2D eigenvalue weighted by atomic mass is 35.5. The van der Waals surface area contributed by atoms with E-state index in [0.29, 0.717) is 13.2 Å². The van der Waals surface area contributed by atoms with Gasteiger partial charge < -0.3 is 19.5 Å². The number of methoxy groups -OCH3 is 1. The van der Waals surface area contributed by atoms with E-state index in [-0.39, 0.29) is 12.4 Å². The van der Waals surface area contributed by atoms with Crippen molar-refractivity contribution in [2.24, 2.45) is 0 Å². The zero-order chi connectivity index (χ0) is 11.2. The van der Waals surface area contributed by atoms with E-state index in [4.69, 9.17) is 14.2 Å². The van der Waals surface area contributed by atoms with E-state index < -0.39 is 0 Å². The summed E-state index contributed by atoms with van der Waals surface area (Å²) >= 11 is 0. The minimum atomic E-state index is 0. The molecule has 1 aliphatic rings. The maximum atomic E-state index is 5.51. The SMILES string of the molecule is COCCNCc1ccc2c(c1)OCCO2.Cl. The molecule has 4 nitrogen and oxygen atoms in total. The van der Waals surface area contributed by atoms with Crippen molar-refractivity contribution in [3.8, 4) is 11.5 Å². The molecule has 96 valence electrons. The van der Waals surface area contributed by atoms with Gasteiger partial charge >= 0.3 is 0 Å². The predicted octanol–water partition coefficient (Wildman–Crippen LogP) is 1.62. The Morgan fingerprint density at radius 3 is 2.76 bits per heavy atom. The number of hydrogen-bond acceptors (Lipinski definition) is 4. The van der Waals surface area contributed by atoms with Crippen molar-refractivity contribution in [3.63, 3.8) is 0 Å². The number of benzene rings is 1. The second-order valence-corrected chi connectivity index (χ2v) is 3.65. The summed E-state index contributed by atoms with van der Waals surface area (Å²) in [5.74, 6) is 1.68. The third kappa shape index (κ3) is 4.07. The number of rotatable bonds is 5. The summed E-state index contributed by atoms with van der Waals surface area (Å²) in [5.41, 5.74) is 1.19. The molecular weight excluding hydrogens is 242 g/mol. The number of nitrogens with one attached hydrogen (secondary N) is 1. The molecule has 0 fully saturated rings. The highest BCUT2D eigenvalue weighted by Gasteiger charge is 2.11. The molecule has 0 spiro atoms. The van der Waals surface area contributed by atoms with E-state index in [1.807, 2.05) is 18.2 Å². The van der Waals surface area contributed by atoms with Crippen LogP contribution in [0.15, 0.2) is 18.2 Å². The Morgan fingerprint density at radius 2 is 2.00 bits per heavy atom. The van der Waals surface area contributed by atoms with Crippen molar-refractivity contribution in [1.82, 2.24) is 5.32 Å². The Kier molecular flexibility index (Phi) is 6.11. The molecule has 0 saturated heterocycles. The summed E-state index contributed by atoms with van der Waals surface area (Å²) in [7, 11) is 1.70. The quantitative estimate of drug-likeness (QED) is 0.816. The lowest BCUT2D eigenvalue weighted by atomic mass is 10.2. The molecule has 2 rings (SSSR count). The normalized spacial score (nSPS) is 13.0. The summed E-state index contributed by atoms with van der Waals surface area (Å²) in [5, 5.41) is 3.29. The molecule has 1 aromatic rings. The molecule has 5 heteroatoms. The fourth-order valence-electron chi connectivity index (χ4n) is 1.60. The first-order chi connectivity index (χ1) is 7.90. The van der Waals surface area contributed by atoms with E-state index in [0.717, 1.165) is 31.2 Å². The van der Waals surface area contributed by atoms with Crippen molar-refractivity contribution >= 4 is 12.4 Å². The first-order valence-corrected chi connectivity index (χ1v) is 5.48. The fraction of sp³-hybridized carbons (Fsp3) is 0.500. The number of hydrogen-bond donors (Lipinski definition) is 1. The van der Waals surface area contributed by atoms with Gasteiger partial charge in [-0.1, -0.05) is 6.07 Å². The van der Waals surface area contributed by atoms with Gasteiger partial charge in [0.15, 0.2) is 11.5 Å². The zero-order valence-electron chi connectivity index (χ0n) is 9.90. The van der Waals surface area contributed by atoms with E-state index in [2.05, 4.69) is 5.32 Å². The minimum absolute atomic E-state index is 0. The van der Waals surface area contributed by atoms with Gasteiger partial charge in [0.1, 0.15) is 13.2 Å². The molecule has 0 amide bonds. The average Bonchev–Trinajstić information content (AvgIpc) is 2.34. The lowest BCUT2D eigenvalue weighted by molar-refractivity contribution is 0.171. The Labute approximate surface area is 108 Å². The second kappa shape index (κ2) is 7.37. The fourth-order valence-corrected chi connectivity index (χ4v) is 1.60. The molecule has 1 N–H and O–H groups in total. The van der Waals surface area contributed by atoms with E-state index in [1.54, 1.807) is 7.11 Å². The van der Waals surface area contributed by atoms with Crippen LogP contribution in [0.5, 0.6) is 11.5 Å². The van der Waals surface area contributed by atoms with Crippen molar-refractivity contribution in [2.45, 2.75) is 6.54 Å². The summed E-state index contributed by atoms with van der Waals surface area (Å²) in [6, 6.07) is 6.03. The lowest BCUT2D eigenvalue weighted by Gasteiger charge is -2.18. The molecule has 17 heavy (non-hydrogen) atoms. The molecule has 0 bridgehead atoms. The van der Waals surface area contributed by atoms with Crippen molar-refractivity contribution in [1.29, 1.82) is 0 Å². The topological polar surface area (TPSA) is 39.7 Å². The maximum Gasteiger partial charge on any atom is 0.161 e. The second-order valence-electron chi connectivity index (χ2n) is 3.65. The molecule has 0 radical (unpaired) electrons. The number of halogens is 1. The van der Waals surface area contributed by atoms with Gasteiger partial charge in [0, 0.05) is 20.2 Å². The van der Waals surface area contributed by atoms with Crippen LogP contribution in [0.2, 0.25) is 0 Å². The zero-order valence-corrected chi connectivity index (χ0v) is 10.7. The highest BCUT2D eigenvalue weighted by molar-refractivity contribution is 5.85. The number of fused-ring (bicyclic) bond motifs is 1. The first kappa shape index (κ1) is 14.1. The molecular formula is C12H18ClNO3. The minimum Gasteiger partial charge on any atom is -0.486 e. The van der Waals surface area contributed by atoms with Crippen molar-refractivity contribution in [2.75, 3.05) is 33.5 Å². The standard InChI is InChI=1S/C12H17NO3.ClH/c1-14-5-4-13-9-10-2-3-11-12(8-10)16-7-6-15-11;/h2-3,8,13H,4-7,9H2,1H3;1H. The summed E-state index contributed by atoms with van der Waals surface area (Å²) < 4.78 is 15.9. The third-order valence-corrected chi connectivity index (χ3v) is 2.42. The van der Waals surface area contributed by atoms with Gasteiger partial charge in [-0.15, -0.1) is 12.4 Å². The number of ether oxygens (including phenoxy) is 3. The monoisotopic (exact) mass is 259 g/mol. The average molecular weight is 260 g/mol.